The van der Waals surface area contributed by atoms with Crippen LogP contribution in [0.4, 0.5) is 0 Å². The third-order valence-electron chi connectivity index (χ3n) is 4.75. The van der Waals surface area contributed by atoms with E-state index < -0.39 is 0 Å². The summed E-state index contributed by atoms with van der Waals surface area (Å²) in [6, 6.07) is 10.7. The molecule has 2 aliphatic carbocycles. The van der Waals surface area contributed by atoms with Crippen LogP contribution >= 0.6 is 11.6 Å². The summed E-state index contributed by atoms with van der Waals surface area (Å²) < 4.78 is 0. The fourth-order valence-corrected chi connectivity index (χ4v) is 4.02. The van der Waals surface area contributed by atoms with Gasteiger partial charge in [0.05, 0.1) is 0 Å². The molecule has 0 unspecified atom stereocenters. The molecule has 0 N–H and O–H groups in total. The summed E-state index contributed by atoms with van der Waals surface area (Å²) in [6.45, 7) is 2.35. The molecule has 4 rings (SSSR count). The first-order chi connectivity index (χ1) is 9.75. The van der Waals surface area contributed by atoms with Crippen molar-refractivity contribution in [2.45, 2.75) is 26.2 Å². The smallest absolute Gasteiger partial charge is 0.0487 e. The number of hydrogen-bond acceptors (Lipinski definition) is 0. The van der Waals surface area contributed by atoms with Gasteiger partial charge in [0.2, 0.25) is 0 Å². The van der Waals surface area contributed by atoms with Gasteiger partial charge >= 0.3 is 0 Å². The van der Waals surface area contributed by atoms with E-state index in [9.17, 15) is 0 Å². The molecule has 2 aliphatic rings. The van der Waals surface area contributed by atoms with E-state index in [0.29, 0.717) is 5.92 Å². The van der Waals surface area contributed by atoms with Gasteiger partial charge in [-0.2, -0.15) is 0 Å². The molecule has 0 amide bonds. The van der Waals surface area contributed by atoms with E-state index in [1.807, 2.05) is 12.1 Å². The highest BCUT2D eigenvalue weighted by Gasteiger charge is 2.24. The molecule has 100 valence electrons. The lowest BCUT2D eigenvalue weighted by atomic mass is 9.76. The van der Waals surface area contributed by atoms with Gasteiger partial charge in [0.1, 0.15) is 0 Å². The first-order valence-electron chi connectivity index (χ1n) is 7.36. The minimum absolute atomic E-state index is 0.685. The third-order valence-corrected chi connectivity index (χ3v) is 5.07. The summed E-state index contributed by atoms with van der Waals surface area (Å²) >= 11 is 6.46. The van der Waals surface area contributed by atoms with Gasteiger partial charge in [0, 0.05) is 10.4 Å². The van der Waals surface area contributed by atoms with Crippen molar-refractivity contribution in [2.24, 2.45) is 5.92 Å². The van der Waals surface area contributed by atoms with Crippen molar-refractivity contribution in [2.75, 3.05) is 0 Å². The highest BCUT2D eigenvalue weighted by molar-refractivity contribution is 6.36. The van der Waals surface area contributed by atoms with E-state index in [-0.39, 0.29) is 0 Å². The highest BCUT2D eigenvalue weighted by atomic mass is 35.5. The molecule has 0 saturated carbocycles. The number of rotatable bonds is 0. The lowest BCUT2D eigenvalue weighted by molar-refractivity contribution is 0.645. The molecular weight excluding hydrogens is 264 g/mol. The summed E-state index contributed by atoms with van der Waals surface area (Å²) in [6.07, 6.45) is 8.11. The Bertz CT molecular complexity index is 765. The summed E-state index contributed by atoms with van der Waals surface area (Å²) in [5.41, 5.74) is 5.92. The molecule has 2 aromatic rings. The SMILES string of the molecule is C[C@H]1CC=CC2=C1CCc1c2ccc2cccc(Cl)c12. The van der Waals surface area contributed by atoms with Crippen molar-refractivity contribution in [3.63, 3.8) is 0 Å². The second kappa shape index (κ2) is 4.49. The van der Waals surface area contributed by atoms with Crippen molar-refractivity contribution in [1.29, 1.82) is 0 Å². The highest BCUT2D eigenvalue weighted by Crippen LogP contribution is 2.43. The molecule has 0 heterocycles. The van der Waals surface area contributed by atoms with Crippen LogP contribution in [0.25, 0.3) is 16.3 Å². The van der Waals surface area contributed by atoms with E-state index in [1.165, 1.54) is 40.3 Å². The Kier molecular flexibility index (Phi) is 2.75. The van der Waals surface area contributed by atoms with Crippen LogP contribution in [-0.4, -0.2) is 0 Å². The first kappa shape index (κ1) is 12.2. The zero-order chi connectivity index (χ0) is 13.7. The van der Waals surface area contributed by atoms with Crippen LogP contribution in [0.2, 0.25) is 5.02 Å². The fourth-order valence-electron chi connectivity index (χ4n) is 3.73. The third kappa shape index (κ3) is 1.68. The van der Waals surface area contributed by atoms with Crippen LogP contribution in [0, 0.1) is 5.92 Å². The average molecular weight is 281 g/mol. The Hall–Kier alpha value is -1.53. The Morgan fingerprint density at radius 1 is 1.10 bits per heavy atom. The number of fused-ring (bicyclic) bond motifs is 4. The van der Waals surface area contributed by atoms with Crippen molar-refractivity contribution in [3.8, 4) is 0 Å². The van der Waals surface area contributed by atoms with Crippen molar-refractivity contribution >= 4 is 27.9 Å². The van der Waals surface area contributed by atoms with Gasteiger partial charge in [-0.15, -0.1) is 0 Å². The van der Waals surface area contributed by atoms with Crippen LogP contribution in [0.5, 0.6) is 0 Å². The molecule has 0 bridgehead atoms. The molecule has 0 saturated heterocycles. The van der Waals surface area contributed by atoms with Crippen LogP contribution in [-0.2, 0) is 6.42 Å². The standard InChI is InChI=1S/C19H17Cl/c1-12-4-2-6-15-14(12)10-11-17-16(15)9-8-13-5-3-7-18(20)19(13)17/h2-3,5-9,12H,4,10-11H2,1H3/t12-/m0/s1. The summed E-state index contributed by atoms with van der Waals surface area (Å²) in [5.74, 6) is 0.685. The van der Waals surface area contributed by atoms with Gasteiger partial charge in [-0.05, 0) is 53.3 Å². The number of halogens is 1. The molecule has 0 fully saturated rings. The maximum atomic E-state index is 6.46. The van der Waals surface area contributed by atoms with Crippen molar-refractivity contribution < 1.29 is 0 Å². The molecule has 20 heavy (non-hydrogen) atoms. The van der Waals surface area contributed by atoms with Crippen LogP contribution in [0.1, 0.15) is 30.9 Å². The molecule has 0 spiro atoms. The lowest BCUT2D eigenvalue weighted by Gasteiger charge is -2.29. The van der Waals surface area contributed by atoms with E-state index in [1.54, 1.807) is 5.57 Å². The van der Waals surface area contributed by atoms with Crippen molar-refractivity contribution in [1.82, 2.24) is 0 Å². The molecule has 0 aliphatic heterocycles. The molecule has 0 aromatic heterocycles. The van der Waals surface area contributed by atoms with E-state index in [2.05, 4.69) is 37.3 Å². The maximum absolute atomic E-state index is 6.46. The van der Waals surface area contributed by atoms with Gasteiger partial charge in [-0.1, -0.05) is 60.5 Å². The fraction of sp³-hybridized carbons (Fsp3) is 0.263. The molecule has 1 atom stereocenters. The Balaban J connectivity index is 2.04. The molecule has 0 radical (unpaired) electrons. The van der Waals surface area contributed by atoms with E-state index >= 15 is 0 Å². The Morgan fingerprint density at radius 2 is 2.00 bits per heavy atom. The molecular formula is C19H17Cl. The van der Waals surface area contributed by atoms with E-state index in [0.717, 1.165) is 11.4 Å². The lowest BCUT2D eigenvalue weighted by Crippen LogP contribution is -2.12. The normalized spacial score (nSPS) is 21.0. The largest absolute Gasteiger partial charge is 0.0837 e. The number of aryl methyl sites for hydroxylation is 1. The minimum atomic E-state index is 0.685. The van der Waals surface area contributed by atoms with Crippen LogP contribution < -0.4 is 0 Å². The van der Waals surface area contributed by atoms with Gasteiger partial charge < -0.3 is 0 Å². The molecule has 1 heteroatoms. The Labute approximate surface area is 124 Å². The first-order valence-corrected chi connectivity index (χ1v) is 7.73. The topological polar surface area (TPSA) is 0 Å². The predicted molar refractivity (Wildman–Crippen MR) is 87.1 cm³/mol. The van der Waals surface area contributed by atoms with Crippen molar-refractivity contribution in [3.05, 3.63) is 64.2 Å². The van der Waals surface area contributed by atoms with Gasteiger partial charge in [-0.3, -0.25) is 0 Å². The zero-order valence-electron chi connectivity index (χ0n) is 11.6. The monoisotopic (exact) mass is 280 g/mol. The predicted octanol–water partition coefficient (Wildman–Crippen LogP) is 5.79. The average Bonchev–Trinajstić information content (AvgIpc) is 2.47. The molecule has 2 aromatic carbocycles. The second-order valence-electron chi connectivity index (χ2n) is 5.91. The summed E-state index contributed by atoms with van der Waals surface area (Å²) in [7, 11) is 0. The molecule has 0 nitrogen and oxygen atoms in total. The quantitative estimate of drug-likeness (QED) is 0.573. The van der Waals surface area contributed by atoms with Gasteiger partial charge in [-0.25, -0.2) is 0 Å². The van der Waals surface area contributed by atoms with E-state index in [4.69, 9.17) is 11.6 Å². The van der Waals surface area contributed by atoms with Gasteiger partial charge in [0.15, 0.2) is 0 Å². The van der Waals surface area contributed by atoms with Crippen LogP contribution in [0.15, 0.2) is 48.1 Å². The Morgan fingerprint density at radius 3 is 2.90 bits per heavy atom. The number of hydrogen-bond donors (Lipinski definition) is 0. The minimum Gasteiger partial charge on any atom is -0.0837 e. The number of benzene rings is 2. The second-order valence-corrected chi connectivity index (χ2v) is 6.31. The number of allylic oxidation sites excluding steroid dienone is 4. The van der Waals surface area contributed by atoms with Crippen LogP contribution in [0.3, 0.4) is 0 Å². The van der Waals surface area contributed by atoms with Gasteiger partial charge in [0.25, 0.3) is 0 Å². The zero-order valence-corrected chi connectivity index (χ0v) is 12.4. The maximum Gasteiger partial charge on any atom is 0.0487 e. The summed E-state index contributed by atoms with van der Waals surface area (Å²) in [4.78, 5) is 0. The summed E-state index contributed by atoms with van der Waals surface area (Å²) in [5, 5.41) is 3.40.